The summed E-state index contributed by atoms with van der Waals surface area (Å²) < 4.78 is 1.68. The molecule has 0 saturated carbocycles. The summed E-state index contributed by atoms with van der Waals surface area (Å²) in [4.78, 5) is 23.6. The van der Waals surface area contributed by atoms with Crippen molar-refractivity contribution in [1.82, 2.24) is 19.9 Å². The first-order valence-electron chi connectivity index (χ1n) is 5.80. The Morgan fingerprint density at radius 2 is 2.47 bits per heavy atom. The van der Waals surface area contributed by atoms with E-state index in [-0.39, 0.29) is 5.91 Å². The molecular formula is C11H16N4O2. The lowest BCUT2D eigenvalue weighted by atomic mass is 9.98. The van der Waals surface area contributed by atoms with E-state index < -0.39 is 0 Å². The second-order valence-corrected chi connectivity index (χ2v) is 4.46. The highest BCUT2D eigenvalue weighted by Gasteiger charge is 2.22. The third kappa shape index (κ3) is 2.89. The molecule has 1 aliphatic rings. The van der Waals surface area contributed by atoms with Crippen LogP contribution in [0.4, 0.5) is 0 Å². The molecule has 0 bridgehead atoms. The van der Waals surface area contributed by atoms with Gasteiger partial charge in [0, 0.05) is 26.6 Å². The van der Waals surface area contributed by atoms with E-state index in [2.05, 4.69) is 10.3 Å². The minimum absolute atomic E-state index is 0.127. The van der Waals surface area contributed by atoms with Crippen molar-refractivity contribution in [3.8, 4) is 0 Å². The Hall–Kier alpha value is -1.72. The van der Waals surface area contributed by atoms with E-state index in [1.165, 1.54) is 0 Å². The summed E-state index contributed by atoms with van der Waals surface area (Å²) in [6.45, 7) is 3.93. The smallest absolute Gasteiger partial charge is 0.219 e. The van der Waals surface area contributed by atoms with Gasteiger partial charge in [0.1, 0.15) is 5.69 Å². The Labute approximate surface area is 99.6 Å². The molecule has 17 heavy (non-hydrogen) atoms. The highest BCUT2D eigenvalue weighted by atomic mass is 16.2. The molecule has 1 fully saturated rings. The minimum Gasteiger partial charge on any atom is -0.343 e. The van der Waals surface area contributed by atoms with Crippen LogP contribution in [0.25, 0.3) is 0 Å². The number of hydrogen-bond donors (Lipinski definition) is 0. The predicted octanol–water partition coefficient (Wildman–Crippen LogP) is 0.349. The number of aromatic nitrogens is 3. The maximum absolute atomic E-state index is 11.3. The van der Waals surface area contributed by atoms with Crippen LogP contribution in [0.2, 0.25) is 0 Å². The van der Waals surface area contributed by atoms with Crippen LogP contribution < -0.4 is 0 Å². The van der Waals surface area contributed by atoms with Crippen LogP contribution in [0.1, 0.15) is 30.3 Å². The van der Waals surface area contributed by atoms with Crippen LogP contribution in [0.5, 0.6) is 0 Å². The zero-order valence-corrected chi connectivity index (χ0v) is 9.87. The van der Waals surface area contributed by atoms with Crippen LogP contribution >= 0.6 is 0 Å². The quantitative estimate of drug-likeness (QED) is 0.710. The molecule has 2 heterocycles. The summed E-state index contributed by atoms with van der Waals surface area (Å²) in [5.74, 6) is 0.524. The number of piperidine rings is 1. The number of rotatable bonds is 3. The van der Waals surface area contributed by atoms with E-state index in [0.29, 0.717) is 24.4 Å². The van der Waals surface area contributed by atoms with Crippen molar-refractivity contribution in [3.63, 3.8) is 0 Å². The third-order valence-corrected chi connectivity index (χ3v) is 3.09. The molecule has 0 spiro atoms. The SMILES string of the molecule is CC(=O)N1CCC[C@@H](Cn2cc(C=O)nn2)C1. The van der Waals surface area contributed by atoms with Crippen molar-refractivity contribution >= 4 is 12.2 Å². The molecule has 0 aliphatic carbocycles. The van der Waals surface area contributed by atoms with E-state index in [1.807, 2.05) is 4.90 Å². The number of nitrogens with zero attached hydrogens (tertiary/aromatic N) is 4. The second-order valence-electron chi connectivity index (χ2n) is 4.46. The largest absolute Gasteiger partial charge is 0.343 e. The van der Waals surface area contributed by atoms with E-state index in [0.717, 1.165) is 25.9 Å². The van der Waals surface area contributed by atoms with Gasteiger partial charge >= 0.3 is 0 Å². The minimum atomic E-state index is 0.127. The summed E-state index contributed by atoms with van der Waals surface area (Å²) in [6.07, 6.45) is 4.44. The Bertz CT molecular complexity index is 415. The molecule has 6 nitrogen and oxygen atoms in total. The molecule has 1 aromatic heterocycles. The molecule has 1 aliphatic heterocycles. The Morgan fingerprint density at radius 1 is 1.65 bits per heavy atom. The number of hydrogen-bond acceptors (Lipinski definition) is 4. The molecule has 92 valence electrons. The molecule has 1 aromatic rings. The fourth-order valence-electron chi connectivity index (χ4n) is 2.22. The lowest BCUT2D eigenvalue weighted by Crippen LogP contribution is -2.39. The van der Waals surface area contributed by atoms with Gasteiger partial charge in [-0.1, -0.05) is 5.21 Å². The fourth-order valence-corrected chi connectivity index (χ4v) is 2.22. The van der Waals surface area contributed by atoms with Gasteiger partial charge in [-0.3, -0.25) is 14.3 Å². The summed E-state index contributed by atoms with van der Waals surface area (Å²) >= 11 is 0. The monoisotopic (exact) mass is 236 g/mol. The Morgan fingerprint density at radius 3 is 3.12 bits per heavy atom. The van der Waals surface area contributed by atoms with E-state index in [9.17, 15) is 9.59 Å². The van der Waals surface area contributed by atoms with Crippen molar-refractivity contribution < 1.29 is 9.59 Å². The van der Waals surface area contributed by atoms with Crippen molar-refractivity contribution in [1.29, 1.82) is 0 Å². The van der Waals surface area contributed by atoms with Gasteiger partial charge in [-0.05, 0) is 18.8 Å². The highest BCUT2D eigenvalue weighted by Crippen LogP contribution is 2.17. The maximum atomic E-state index is 11.3. The summed E-state index contributed by atoms with van der Waals surface area (Å²) in [6, 6.07) is 0. The van der Waals surface area contributed by atoms with Gasteiger partial charge in [0.15, 0.2) is 6.29 Å². The molecule has 1 atom stereocenters. The van der Waals surface area contributed by atoms with Crippen molar-refractivity contribution in [2.24, 2.45) is 5.92 Å². The highest BCUT2D eigenvalue weighted by molar-refractivity contribution is 5.73. The molecule has 1 saturated heterocycles. The van der Waals surface area contributed by atoms with Crippen LogP contribution in [-0.2, 0) is 11.3 Å². The van der Waals surface area contributed by atoms with E-state index >= 15 is 0 Å². The van der Waals surface area contributed by atoms with Gasteiger partial charge in [0.25, 0.3) is 0 Å². The third-order valence-electron chi connectivity index (χ3n) is 3.09. The molecule has 0 N–H and O–H groups in total. The molecule has 0 radical (unpaired) electrons. The molecule has 0 aromatic carbocycles. The van der Waals surface area contributed by atoms with Crippen molar-refractivity contribution in [3.05, 3.63) is 11.9 Å². The summed E-state index contributed by atoms with van der Waals surface area (Å²) in [7, 11) is 0. The molecule has 6 heteroatoms. The first-order valence-corrected chi connectivity index (χ1v) is 5.80. The maximum Gasteiger partial charge on any atom is 0.219 e. The Kier molecular flexibility index (Phi) is 3.51. The van der Waals surface area contributed by atoms with E-state index in [4.69, 9.17) is 0 Å². The molecule has 1 amide bonds. The second kappa shape index (κ2) is 5.07. The average Bonchev–Trinajstić information content (AvgIpc) is 2.77. The average molecular weight is 236 g/mol. The van der Waals surface area contributed by atoms with Gasteiger partial charge in [-0.15, -0.1) is 5.10 Å². The van der Waals surface area contributed by atoms with E-state index in [1.54, 1.807) is 17.8 Å². The molecular weight excluding hydrogens is 220 g/mol. The van der Waals surface area contributed by atoms with Gasteiger partial charge in [0.2, 0.25) is 5.91 Å². The van der Waals surface area contributed by atoms with Crippen LogP contribution in [0, 0.1) is 5.92 Å². The fraction of sp³-hybridized carbons (Fsp3) is 0.636. The van der Waals surface area contributed by atoms with Crippen molar-refractivity contribution in [2.45, 2.75) is 26.3 Å². The standard InChI is InChI=1S/C11H16N4O2/c1-9(17)14-4-2-3-10(5-14)6-15-7-11(8-16)12-13-15/h7-8,10H,2-6H2,1H3/t10-/m1/s1. The van der Waals surface area contributed by atoms with Gasteiger partial charge in [-0.2, -0.15) is 0 Å². The van der Waals surface area contributed by atoms with Crippen LogP contribution in [0.3, 0.4) is 0 Å². The first-order chi connectivity index (χ1) is 8.19. The molecule has 0 unspecified atom stereocenters. The Balaban J connectivity index is 1.94. The first kappa shape index (κ1) is 11.8. The normalized spacial score (nSPS) is 20.3. The zero-order valence-electron chi connectivity index (χ0n) is 9.87. The van der Waals surface area contributed by atoms with Gasteiger partial charge < -0.3 is 4.90 Å². The van der Waals surface area contributed by atoms with Crippen molar-refractivity contribution in [2.75, 3.05) is 13.1 Å². The summed E-state index contributed by atoms with van der Waals surface area (Å²) in [5.41, 5.74) is 0.351. The topological polar surface area (TPSA) is 68.1 Å². The number of carbonyl (C=O) groups is 2. The lowest BCUT2D eigenvalue weighted by molar-refractivity contribution is -0.130. The van der Waals surface area contributed by atoms with Crippen LogP contribution in [0.15, 0.2) is 6.20 Å². The number of amides is 1. The summed E-state index contributed by atoms with van der Waals surface area (Å²) in [5, 5.41) is 7.60. The number of likely N-dealkylation sites (tertiary alicyclic amines) is 1. The lowest BCUT2D eigenvalue weighted by Gasteiger charge is -2.31. The van der Waals surface area contributed by atoms with Crippen LogP contribution in [-0.4, -0.2) is 45.2 Å². The zero-order chi connectivity index (χ0) is 12.3. The number of carbonyl (C=O) groups excluding carboxylic acids is 2. The van der Waals surface area contributed by atoms with Gasteiger partial charge in [0.05, 0.1) is 6.20 Å². The predicted molar refractivity (Wildman–Crippen MR) is 60.4 cm³/mol. The van der Waals surface area contributed by atoms with Gasteiger partial charge in [-0.25, -0.2) is 0 Å². The molecule has 2 rings (SSSR count). The number of aldehydes is 1.